The van der Waals surface area contributed by atoms with E-state index in [0.717, 1.165) is 32.1 Å². The molecule has 0 radical (unpaired) electrons. The highest BCUT2D eigenvalue weighted by molar-refractivity contribution is 5.70. The van der Waals surface area contributed by atoms with Gasteiger partial charge in [0.15, 0.2) is 6.10 Å². The minimum absolute atomic E-state index is 0.0609. The second kappa shape index (κ2) is 45.0. The van der Waals surface area contributed by atoms with Crippen molar-refractivity contribution in [3.63, 3.8) is 0 Å². The highest BCUT2D eigenvalue weighted by Crippen LogP contribution is 2.16. The molecule has 1 N–H and O–H groups in total. The zero-order valence-corrected chi connectivity index (χ0v) is 35.8. The Labute approximate surface area is 331 Å². The van der Waals surface area contributed by atoms with Crippen molar-refractivity contribution >= 4 is 11.9 Å². The quantitative estimate of drug-likeness (QED) is 0.0381. The third-order valence-corrected chi connectivity index (χ3v) is 10.8. The number of carbonyl (C=O) groups is 2. The predicted octanol–water partition coefficient (Wildman–Crippen LogP) is 15.2. The first-order valence-electron chi connectivity index (χ1n) is 23.7. The summed E-state index contributed by atoms with van der Waals surface area (Å²) in [5, 5.41) is 9.60. The summed E-state index contributed by atoms with van der Waals surface area (Å²) in [5.74, 6) is -0.579. The Bertz CT molecular complexity index is 765. The molecular weight excluding hydrogens is 657 g/mol. The minimum atomic E-state index is -0.768. The fourth-order valence-corrected chi connectivity index (χ4v) is 7.20. The van der Waals surface area contributed by atoms with Crippen LogP contribution in [0.2, 0.25) is 0 Å². The van der Waals surface area contributed by atoms with Crippen LogP contribution in [0.25, 0.3) is 0 Å². The van der Waals surface area contributed by atoms with Gasteiger partial charge in [-0.05, 0) is 38.5 Å². The van der Waals surface area contributed by atoms with E-state index in [4.69, 9.17) is 9.47 Å². The van der Waals surface area contributed by atoms with Gasteiger partial charge in [-0.3, -0.25) is 9.59 Å². The lowest BCUT2D eigenvalue weighted by molar-refractivity contribution is -0.161. The van der Waals surface area contributed by atoms with E-state index < -0.39 is 6.10 Å². The number of hydrogen-bond donors (Lipinski definition) is 1. The average molecular weight is 749 g/mol. The smallest absolute Gasteiger partial charge is 0.306 e. The lowest BCUT2D eigenvalue weighted by Gasteiger charge is -2.15. The van der Waals surface area contributed by atoms with Gasteiger partial charge in [0.25, 0.3) is 0 Å². The van der Waals surface area contributed by atoms with Gasteiger partial charge in [-0.25, -0.2) is 0 Å². The van der Waals surface area contributed by atoms with E-state index in [0.29, 0.717) is 12.8 Å². The molecule has 5 heteroatoms. The Hall–Kier alpha value is -1.36. The van der Waals surface area contributed by atoms with Gasteiger partial charge in [-0.1, -0.05) is 225 Å². The maximum atomic E-state index is 12.2. The third-order valence-electron chi connectivity index (χ3n) is 10.8. The highest BCUT2D eigenvalue weighted by atomic mass is 16.6. The van der Waals surface area contributed by atoms with Crippen LogP contribution in [0.4, 0.5) is 0 Å². The van der Waals surface area contributed by atoms with Gasteiger partial charge < -0.3 is 14.6 Å². The van der Waals surface area contributed by atoms with E-state index in [1.165, 1.54) is 205 Å². The standard InChI is InChI=1S/C48H92O5/c1-3-5-7-9-11-13-15-17-19-21-22-23-24-25-27-28-30-32-34-36-38-40-42-47(50)52-45-46(44-49)53-48(51)43-41-39-37-35-33-31-29-26-20-18-16-14-12-10-8-6-4-2/h18,20,46,49H,3-17,19,21-45H2,1-2H3/b20-18+/t46-/m0/s1. The molecule has 0 saturated carbocycles. The second-order valence-corrected chi connectivity index (χ2v) is 16.2. The molecule has 0 bridgehead atoms. The van der Waals surface area contributed by atoms with Crippen LogP contribution in [-0.4, -0.2) is 36.4 Å². The predicted molar refractivity (Wildman–Crippen MR) is 228 cm³/mol. The Morgan fingerprint density at radius 3 is 1.02 bits per heavy atom. The first-order chi connectivity index (χ1) is 26.1. The highest BCUT2D eigenvalue weighted by Gasteiger charge is 2.16. The Morgan fingerprint density at radius 2 is 0.698 bits per heavy atom. The Kier molecular flexibility index (Phi) is 43.9. The SMILES string of the molecule is CCCCCCCC/C=C/CCCCCCCCCC(=O)O[C@@H](CO)COC(=O)CCCCCCCCCCCCCCCCCCCCCCCC. The van der Waals surface area contributed by atoms with Crippen molar-refractivity contribution in [1.82, 2.24) is 0 Å². The van der Waals surface area contributed by atoms with Crippen LogP contribution in [0.5, 0.6) is 0 Å². The summed E-state index contributed by atoms with van der Waals surface area (Å²) in [5.41, 5.74) is 0. The number of unbranched alkanes of at least 4 members (excludes halogenated alkanes) is 34. The zero-order chi connectivity index (χ0) is 38.6. The lowest BCUT2D eigenvalue weighted by atomic mass is 10.0. The van der Waals surface area contributed by atoms with Crippen LogP contribution in [-0.2, 0) is 19.1 Å². The molecular formula is C48H92O5. The molecule has 0 heterocycles. The first kappa shape index (κ1) is 51.6. The average Bonchev–Trinajstić information content (AvgIpc) is 3.16. The van der Waals surface area contributed by atoms with E-state index in [1.807, 2.05) is 0 Å². The van der Waals surface area contributed by atoms with Crippen molar-refractivity contribution in [3.05, 3.63) is 12.2 Å². The maximum Gasteiger partial charge on any atom is 0.306 e. The Balaban J connectivity index is 3.46. The van der Waals surface area contributed by atoms with E-state index in [-0.39, 0.29) is 25.2 Å². The van der Waals surface area contributed by atoms with E-state index in [1.54, 1.807) is 0 Å². The number of rotatable bonds is 44. The summed E-state index contributed by atoms with van der Waals surface area (Å²) in [6.45, 7) is 4.17. The third kappa shape index (κ3) is 43.2. The first-order valence-corrected chi connectivity index (χ1v) is 23.7. The van der Waals surface area contributed by atoms with Crippen LogP contribution in [0.3, 0.4) is 0 Å². The molecule has 0 rings (SSSR count). The molecule has 0 fully saturated rings. The van der Waals surface area contributed by atoms with Gasteiger partial charge in [0.1, 0.15) is 6.61 Å². The Morgan fingerprint density at radius 1 is 0.415 bits per heavy atom. The molecule has 0 unspecified atom stereocenters. The molecule has 0 aromatic rings. The van der Waals surface area contributed by atoms with Crippen LogP contribution in [0.1, 0.15) is 264 Å². The fraction of sp³-hybridized carbons (Fsp3) is 0.917. The van der Waals surface area contributed by atoms with Crippen molar-refractivity contribution in [2.75, 3.05) is 13.2 Å². The van der Waals surface area contributed by atoms with Crippen molar-refractivity contribution in [1.29, 1.82) is 0 Å². The molecule has 0 aliphatic carbocycles. The molecule has 0 aliphatic heterocycles. The maximum absolute atomic E-state index is 12.2. The number of carbonyl (C=O) groups excluding carboxylic acids is 2. The van der Waals surface area contributed by atoms with Gasteiger partial charge >= 0.3 is 11.9 Å². The fourth-order valence-electron chi connectivity index (χ4n) is 7.20. The molecule has 53 heavy (non-hydrogen) atoms. The minimum Gasteiger partial charge on any atom is -0.462 e. The van der Waals surface area contributed by atoms with Crippen molar-refractivity contribution in [2.24, 2.45) is 0 Å². The van der Waals surface area contributed by atoms with Gasteiger partial charge in [0.05, 0.1) is 6.61 Å². The second-order valence-electron chi connectivity index (χ2n) is 16.2. The molecule has 0 aromatic carbocycles. The summed E-state index contributed by atoms with van der Waals surface area (Å²) in [4.78, 5) is 24.4. The number of esters is 2. The monoisotopic (exact) mass is 749 g/mol. The largest absolute Gasteiger partial charge is 0.462 e. The van der Waals surface area contributed by atoms with Crippen LogP contribution in [0, 0.1) is 0 Å². The molecule has 314 valence electrons. The summed E-state index contributed by atoms with van der Waals surface area (Å²) in [6.07, 6.45) is 52.9. The number of hydrogen-bond acceptors (Lipinski definition) is 5. The number of aliphatic hydroxyl groups is 1. The summed E-state index contributed by atoms with van der Waals surface area (Å²) >= 11 is 0. The summed E-state index contributed by atoms with van der Waals surface area (Å²) in [7, 11) is 0. The topological polar surface area (TPSA) is 72.8 Å². The summed E-state index contributed by atoms with van der Waals surface area (Å²) < 4.78 is 10.7. The van der Waals surface area contributed by atoms with Crippen LogP contribution in [0.15, 0.2) is 12.2 Å². The van der Waals surface area contributed by atoms with Gasteiger partial charge in [0, 0.05) is 12.8 Å². The molecule has 0 aromatic heterocycles. The molecule has 0 amide bonds. The van der Waals surface area contributed by atoms with E-state index in [9.17, 15) is 14.7 Å². The van der Waals surface area contributed by atoms with Gasteiger partial charge in [-0.2, -0.15) is 0 Å². The van der Waals surface area contributed by atoms with Gasteiger partial charge in [0.2, 0.25) is 0 Å². The summed E-state index contributed by atoms with van der Waals surface area (Å²) in [6, 6.07) is 0. The molecule has 0 spiro atoms. The normalized spacial score (nSPS) is 12.1. The zero-order valence-electron chi connectivity index (χ0n) is 35.8. The van der Waals surface area contributed by atoms with Crippen LogP contribution >= 0.6 is 0 Å². The van der Waals surface area contributed by atoms with Gasteiger partial charge in [-0.15, -0.1) is 0 Å². The molecule has 0 saturated heterocycles. The molecule has 1 atom stereocenters. The van der Waals surface area contributed by atoms with Crippen molar-refractivity contribution < 1.29 is 24.2 Å². The number of allylic oxidation sites excluding steroid dienone is 2. The van der Waals surface area contributed by atoms with Crippen molar-refractivity contribution in [3.8, 4) is 0 Å². The molecule has 5 nitrogen and oxygen atoms in total. The number of aliphatic hydroxyl groups excluding tert-OH is 1. The molecule has 0 aliphatic rings. The number of ether oxygens (including phenoxy) is 2. The van der Waals surface area contributed by atoms with E-state index >= 15 is 0 Å². The lowest BCUT2D eigenvalue weighted by Crippen LogP contribution is -2.28. The van der Waals surface area contributed by atoms with Crippen molar-refractivity contribution in [2.45, 2.75) is 270 Å². The van der Waals surface area contributed by atoms with E-state index in [2.05, 4.69) is 26.0 Å². The van der Waals surface area contributed by atoms with Crippen LogP contribution < -0.4 is 0 Å².